The Kier molecular flexibility index (Phi) is 6.31. The fourth-order valence-corrected chi connectivity index (χ4v) is 3.33. The Bertz CT molecular complexity index is 286. The van der Waals surface area contributed by atoms with Crippen molar-refractivity contribution >= 4 is 5.97 Å². The van der Waals surface area contributed by atoms with Gasteiger partial charge in [-0.15, -0.1) is 0 Å². The van der Waals surface area contributed by atoms with Crippen molar-refractivity contribution in [3.8, 4) is 0 Å². The largest absolute Gasteiger partial charge is 0.464 e. The highest BCUT2D eigenvalue weighted by Crippen LogP contribution is 2.40. The number of hydrogen-bond donors (Lipinski definition) is 0. The molecule has 0 N–H and O–H groups in total. The standard InChI is InChI=1S/C16H30O3/c1-6-8-14(15(17)18-7-2)19-13-9-12(3)10-16(4,5)11-13/h12-14H,6-11H2,1-5H3. The van der Waals surface area contributed by atoms with E-state index in [0.29, 0.717) is 17.9 Å². The van der Waals surface area contributed by atoms with E-state index in [-0.39, 0.29) is 18.2 Å². The zero-order valence-electron chi connectivity index (χ0n) is 13.2. The lowest BCUT2D eigenvalue weighted by Crippen LogP contribution is -2.38. The molecule has 1 aliphatic carbocycles. The van der Waals surface area contributed by atoms with Gasteiger partial charge in [-0.3, -0.25) is 0 Å². The first-order chi connectivity index (χ1) is 8.88. The second-order valence-corrected chi connectivity index (χ2v) is 6.70. The molecule has 0 aromatic carbocycles. The van der Waals surface area contributed by atoms with Crippen LogP contribution in [0.3, 0.4) is 0 Å². The van der Waals surface area contributed by atoms with Crippen LogP contribution in [0.1, 0.15) is 66.7 Å². The third kappa shape index (κ3) is 5.52. The monoisotopic (exact) mass is 270 g/mol. The molecule has 1 saturated carbocycles. The minimum Gasteiger partial charge on any atom is -0.464 e. The quantitative estimate of drug-likeness (QED) is 0.686. The van der Waals surface area contributed by atoms with Crippen LogP contribution in [-0.4, -0.2) is 24.8 Å². The van der Waals surface area contributed by atoms with E-state index in [1.165, 1.54) is 6.42 Å². The molecule has 19 heavy (non-hydrogen) atoms. The minimum absolute atomic E-state index is 0.194. The maximum absolute atomic E-state index is 11.9. The lowest BCUT2D eigenvalue weighted by Gasteiger charge is -2.39. The highest BCUT2D eigenvalue weighted by molar-refractivity contribution is 5.74. The molecule has 1 rings (SSSR count). The molecule has 1 fully saturated rings. The van der Waals surface area contributed by atoms with Gasteiger partial charge in [-0.1, -0.05) is 34.1 Å². The van der Waals surface area contributed by atoms with E-state index in [9.17, 15) is 4.79 Å². The topological polar surface area (TPSA) is 35.5 Å². The molecule has 0 heterocycles. The molecule has 3 atom stereocenters. The van der Waals surface area contributed by atoms with Crippen LogP contribution < -0.4 is 0 Å². The van der Waals surface area contributed by atoms with E-state index in [1.807, 2.05) is 6.92 Å². The third-order valence-electron chi connectivity index (χ3n) is 3.80. The van der Waals surface area contributed by atoms with Crippen molar-refractivity contribution in [1.82, 2.24) is 0 Å². The van der Waals surface area contributed by atoms with Crippen molar-refractivity contribution in [2.75, 3.05) is 6.61 Å². The zero-order chi connectivity index (χ0) is 14.5. The Morgan fingerprint density at radius 3 is 2.53 bits per heavy atom. The van der Waals surface area contributed by atoms with Gasteiger partial charge >= 0.3 is 5.97 Å². The maximum atomic E-state index is 11.9. The van der Waals surface area contributed by atoms with Gasteiger partial charge in [0.05, 0.1) is 12.7 Å². The van der Waals surface area contributed by atoms with Gasteiger partial charge < -0.3 is 9.47 Å². The fraction of sp³-hybridized carbons (Fsp3) is 0.938. The Morgan fingerprint density at radius 1 is 1.32 bits per heavy atom. The van der Waals surface area contributed by atoms with Crippen molar-refractivity contribution in [3.05, 3.63) is 0 Å². The average molecular weight is 270 g/mol. The molecular formula is C16H30O3. The van der Waals surface area contributed by atoms with Gasteiger partial charge in [0.1, 0.15) is 0 Å². The first-order valence-electron chi connectivity index (χ1n) is 7.70. The normalized spacial score (nSPS) is 27.8. The van der Waals surface area contributed by atoms with Crippen molar-refractivity contribution in [1.29, 1.82) is 0 Å². The van der Waals surface area contributed by atoms with Crippen molar-refractivity contribution in [2.45, 2.75) is 78.9 Å². The molecule has 0 bridgehead atoms. The summed E-state index contributed by atoms with van der Waals surface area (Å²) in [5, 5.41) is 0. The smallest absolute Gasteiger partial charge is 0.335 e. The predicted molar refractivity (Wildman–Crippen MR) is 77.0 cm³/mol. The van der Waals surface area contributed by atoms with E-state index < -0.39 is 0 Å². The predicted octanol–water partition coefficient (Wildman–Crippen LogP) is 3.95. The van der Waals surface area contributed by atoms with Crippen LogP contribution in [0, 0.1) is 11.3 Å². The van der Waals surface area contributed by atoms with Crippen molar-refractivity contribution in [3.63, 3.8) is 0 Å². The summed E-state index contributed by atoms with van der Waals surface area (Å²) in [5.41, 5.74) is 0.313. The number of carbonyl (C=O) groups is 1. The van der Waals surface area contributed by atoms with Crippen LogP contribution in [0.4, 0.5) is 0 Å². The zero-order valence-corrected chi connectivity index (χ0v) is 13.2. The van der Waals surface area contributed by atoms with Crippen LogP contribution in [0.5, 0.6) is 0 Å². The van der Waals surface area contributed by atoms with Crippen molar-refractivity contribution in [2.24, 2.45) is 11.3 Å². The second-order valence-electron chi connectivity index (χ2n) is 6.70. The summed E-state index contributed by atoms with van der Waals surface area (Å²) < 4.78 is 11.2. The van der Waals surface area contributed by atoms with Gasteiger partial charge in [-0.05, 0) is 43.9 Å². The van der Waals surface area contributed by atoms with E-state index in [4.69, 9.17) is 9.47 Å². The van der Waals surface area contributed by atoms with Gasteiger partial charge in [0.25, 0.3) is 0 Å². The molecule has 0 aliphatic heterocycles. The molecule has 0 aromatic rings. The molecule has 0 spiro atoms. The van der Waals surface area contributed by atoms with E-state index >= 15 is 0 Å². The minimum atomic E-state index is -0.379. The molecule has 3 nitrogen and oxygen atoms in total. The van der Waals surface area contributed by atoms with Gasteiger partial charge in [0, 0.05) is 0 Å². The maximum Gasteiger partial charge on any atom is 0.335 e. The highest BCUT2D eigenvalue weighted by atomic mass is 16.6. The summed E-state index contributed by atoms with van der Waals surface area (Å²) in [6.45, 7) is 11.2. The Balaban J connectivity index is 2.60. The average Bonchev–Trinajstić information content (AvgIpc) is 2.26. The number of esters is 1. The molecular weight excluding hydrogens is 240 g/mol. The number of ether oxygens (including phenoxy) is 2. The van der Waals surface area contributed by atoms with Crippen LogP contribution in [0.25, 0.3) is 0 Å². The molecule has 3 unspecified atom stereocenters. The molecule has 3 heteroatoms. The molecule has 0 saturated heterocycles. The van der Waals surface area contributed by atoms with Gasteiger partial charge in [-0.25, -0.2) is 4.79 Å². The summed E-state index contributed by atoms with van der Waals surface area (Å²) in [5.74, 6) is 0.471. The summed E-state index contributed by atoms with van der Waals surface area (Å²) in [4.78, 5) is 11.9. The van der Waals surface area contributed by atoms with Gasteiger partial charge in [-0.2, -0.15) is 0 Å². The van der Waals surface area contributed by atoms with Gasteiger partial charge in [0.15, 0.2) is 6.10 Å². The summed E-state index contributed by atoms with van der Waals surface area (Å²) in [7, 11) is 0. The molecule has 1 aliphatic rings. The first kappa shape index (κ1) is 16.5. The van der Waals surface area contributed by atoms with Crippen molar-refractivity contribution < 1.29 is 14.3 Å². The summed E-state index contributed by atoms with van der Waals surface area (Å²) in [6.07, 6.45) is 4.85. The third-order valence-corrected chi connectivity index (χ3v) is 3.80. The Morgan fingerprint density at radius 2 is 2.00 bits per heavy atom. The van der Waals surface area contributed by atoms with Crippen LogP contribution >= 0.6 is 0 Å². The number of carbonyl (C=O) groups excluding carboxylic acids is 1. The van der Waals surface area contributed by atoms with Crippen LogP contribution in [0.2, 0.25) is 0 Å². The molecule has 112 valence electrons. The van der Waals surface area contributed by atoms with E-state index in [0.717, 1.165) is 25.7 Å². The fourth-order valence-electron chi connectivity index (χ4n) is 3.33. The summed E-state index contributed by atoms with van der Waals surface area (Å²) >= 11 is 0. The second kappa shape index (κ2) is 7.28. The molecule has 0 radical (unpaired) electrons. The van der Waals surface area contributed by atoms with Crippen LogP contribution in [-0.2, 0) is 14.3 Å². The van der Waals surface area contributed by atoms with Gasteiger partial charge in [0.2, 0.25) is 0 Å². The number of hydrogen-bond acceptors (Lipinski definition) is 3. The molecule has 0 amide bonds. The SMILES string of the molecule is CCCC(OC1CC(C)CC(C)(C)C1)C(=O)OCC. The Labute approximate surface area is 118 Å². The van der Waals surface area contributed by atoms with E-state index in [2.05, 4.69) is 27.7 Å². The van der Waals surface area contributed by atoms with Crippen LogP contribution in [0.15, 0.2) is 0 Å². The Hall–Kier alpha value is -0.570. The lowest BCUT2D eigenvalue weighted by molar-refractivity contribution is -0.165. The molecule has 0 aromatic heterocycles. The first-order valence-corrected chi connectivity index (χ1v) is 7.70. The lowest BCUT2D eigenvalue weighted by atomic mass is 9.71. The number of rotatable bonds is 6. The highest BCUT2D eigenvalue weighted by Gasteiger charge is 2.35. The summed E-state index contributed by atoms with van der Waals surface area (Å²) in [6, 6.07) is 0. The van der Waals surface area contributed by atoms with E-state index in [1.54, 1.807) is 0 Å².